The molecule has 2 amide bonds. The number of thioether (sulfide) groups is 1. The van der Waals surface area contributed by atoms with Crippen molar-refractivity contribution in [1.82, 2.24) is 10.3 Å². The Bertz CT molecular complexity index is 1320. The molecule has 1 saturated heterocycles. The fourth-order valence-electron chi connectivity index (χ4n) is 3.30. The van der Waals surface area contributed by atoms with Gasteiger partial charge < -0.3 is 5.32 Å². The minimum Gasteiger partial charge on any atom is -0.300 e. The van der Waals surface area contributed by atoms with Crippen LogP contribution in [0.5, 0.6) is 0 Å². The molecule has 2 heterocycles. The number of aryl methyl sites for hydroxylation is 4. The normalized spacial score (nSPS) is 15.8. The van der Waals surface area contributed by atoms with Crippen LogP contribution in [-0.4, -0.2) is 22.0 Å². The van der Waals surface area contributed by atoms with Crippen LogP contribution in [0.15, 0.2) is 51.7 Å². The van der Waals surface area contributed by atoms with Crippen molar-refractivity contribution in [3.63, 3.8) is 0 Å². The molecule has 0 saturated carbocycles. The number of amidine groups is 1. The van der Waals surface area contributed by atoms with Gasteiger partial charge in [-0.1, -0.05) is 18.2 Å². The fourth-order valence-corrected chi connectivity index (χ4v) is 4.96. The SMILES string of the molecule is CC(=O)N(c1ccc(C)c(C)c1)c1nc(/C=C2\SC(=Nc3cc(C)ccc3C)NC2=O)cs1. The molecule has 8 heteroatoms. The lowest BCUT2D eigenvalue weighted by Gasteiger charge is -2.19. The van der Waals surface area contributed by atoms with E-state index in [2.05, 4.69) is 15.3 Å². The molecular formula is C25H24N4O2S2. The maximum Gasteiger partial charge on any atom is 0.264 e. The molecule has 4 rings (SSSR count). The van der Waals surface area contributed by atoms with Crippen LogP contribution in [0.3, 0.4) is 0 Å². The Labute approximate surface area is 201 Å². The third-order valence-corrected chi connectivity index (χ3v) is 7.04. The second-order valence-electron chi connectivity index (χ2n) is 7.95. The quantitative estimate of drug-likeness (QED) is 0.472. The van der Waals surface area contributed by atoms with E-state index in [-0.39, 0.29) is 11.8 Å². The second-order valence-corrected chi connectivity index (χ2v) is 9.82. The van der Waals surface area contributed by atoms with E-state index in [0.717, 1.165) is 33.6 Å². The minimum atomic E-state index is -0.212. The van der Waals surface area contributed by atoms with E-state index in [1.54, 1.807) is 11.0 Å². The topological polar surface area (TPSA) is 74.7 Å². The Hall–Kier alpha value is -3.23. The maximum absolute atomic E-state index is 12.5. The molecule has 6 nitrogen and oxygen atoms in total. The molecular weight excluding hydrogens is 452 g/mol. The average Bonchev–Trinajstić information content (AvgIpc) is 3.34. The smallest absolute Gasteiger partial charge is 0.264 e. The molecule has 2 aromatic carbocycles. The molecule has 0 radical (unpaired) electrons. The number of anilines is 2. The largest absolute Gasteiger partial charge is 0.300 e. The van der Waals surface area contributed by atoms with Gasteiger partial charge in [-0.25, -0.2) is 9.98 Å². The van der Waals surface area contributed by atoms with Crippen LogP contribution in [0.4, 0.5) is 16.5 Å². The molecule has 168 valence electrons. The zero-order valence-corrected chi connectivity index (χ0v) is 20.7. The highest BCUT2D eigenvalue weighted by Gasteiger charge is 2.25. The van der Waals surface area contributed by atoms with E-state index >= 15 is 0 Å². The highest BCUT2D eigenvalue weighted by Crippen LogP contribution is 2.33. The lowest BCUT2D eigenvalue weighted by molar-refractivity contribution is -0.116. The Morgan fingerprint density at radius 1 is 1.06 bits per heavy atom. The summed E-state index contributed by atoms with van der Waals surface area (Å²) in [6.07, 6.45) is 1.73. The lowest BCUT2D eigenvalue weighted by Crippen LogP contribution is -2.22. The van der Waals surface area contributed by atoms with Crippen molar-refractivity contribution in [3.8, 4) is 0 Å². The first-order chi connectivity index (χ1) is 15.7. The molecule has 1 aromatic heterocycles. The molecule has 0 spiro atoms. The number of carbonyl (C=O) groups excluding carboxylic acids is 2. The van der Waals surface area contributed by atoms with Crippen molar-refractivity contribution in [3.05, 3.63) is 74.6 Å². The molecule has 0 bridgehead atoms. The van der Waals surface area contributed by atoms with Crippen LogP contribution in [0.25, 0.3) is 6.08 Å². The number of nitrogens with zero attached hydrogens (tertiary/aromatic N) is 3. The Balaban J connectivity index is 1.59. The van der Waals surface area contributed by atoms with Crippen molar-refractivity contribution in [2.45, 2.75) is 34.6 Å². The summed E-state index contributed by atoms with van der Waals surface area (Å²) in [6, 6.07) is 11.9. The highest BCUT2D eigenvalue weighted by atomic mass is 32.2. The number of hydrogen-bond donors (Lipinski definition) is 1. The van der Waals surface area contributed by atoms with Gasteiger partial charge in [-0.05, 0) is 86.0 Å². The first-order valence-electron chi connectivity index (χ1n) is 10.4. The van der Waals surface area contributed by atoms with Gasteiger partial charge in [-0.15, -0.1) is 11.3 Å². The van der Waals surface area contributed by atoms with Gasteiger partial charge in [0, 0.05) is 12.3 Å². The van der Waals surface area contributed by atoms with E-state index in [1.807, 2.05) is 69.5 Å². The van der Waals surface area contributed by atoms with Crippen LogP contribution >= 0.6 is 23.1 Å². The summed E-state index contributed by atoms with van der Waals surface area (Å²) in [5, 5.41) is 5.76. The van der Waals surface area contributed by atoms with Crippen molar-refractivity contribution < 1.29 is 9.59 Å². The van der Waals surface area contributed by atoms with Gasteiger partial charge in [0.25, 0.3) is 5.91 Å². The molecule has 1 fully saturated rings. The zero-order chi connectivity index (χ0) is 23.7. The van der Waals surface area contributed by atoms with Crippen LogP contribution in [0.1, 0.15) is 34.9 Å². The number of aliphatic imine (C=N–C) groups is 1. The number of amides is 2. The molecule has 1 aliphatic rings. The lowest BCUT2D eigenvalue weighted by atomic mass is 10.1. The summed E-state index contributed by atoms with van der Waals surface area (Å²) in [6.45, 7) is 9.57. The van der Waals surface area contributed by atoms with Crippen molar-refractivity contribution >= 4 is 62.7 Å². The van der Waals surface area contributed by atoms with E-state index in [9.17, 15) is 9.59 Å². The minimum absolute atomic E-state index is 0.122. The summed E-state index contributed by atoms with van der Waals surface area (Å²) in [5.74, 6) is -0.334. The Morgan fingerprint density at radius 2 is 1.82 bits per heavy atom. The summed E-state index contributed by atoms with van der Waals surface area (Å²) in [5.41, 5.74) is 6.65. The van der Waals surface area contributed by atoms with Crippen LogP contribution in [0.2, 0.25) is 0 Å². The summed E-state index contributed by atoms with van der Waals surface area (Å²) >= 11 is 2.64. The van der Waals surface area contributed by atoms with Crippen molar-refractivity contribution in [1.29, 1.82) is 0 Å². The van der Waals surface area contributed by atoms with Crippen LogP contribution < -0.4 is 10.2 Å². The number of thiazole rings is 1. The molecule has 0 unspecified atom stereocenters. The number of aromatic nitrogens is 1. The van der Waals surface area contributed by atoms with Gasteiger partial charge in [0.05, 0.1) is 22.0 Å². The molecule has 3 aromatic rings. The van der Waals surface area contributed by atoms with Crippen LogP contribution in [-0.2, 0) is 9.59 Å². The maximum atomic E-state index is 12.5. The molecule has 0 aliphatic carbocycles. The van der Waals surface area contributed by atoms with Crippen molar-refractivity contribution in [2.75, 3.05) is 4.90 Å². The highest BCUT2D eigenvalue weighted by molar-refractivity contribution is 8.18. The second kappa shape index (κ2) is 9.33. The van der Waals surface area contributed by atoms with Gasteiger partial charge in [0.2, 0.25) is 5.91 Å². The fraction of sp³-hybridized carbons (Fsp3) is 0.200. The van der Waals surface area contributed by atoms with E-state index in [4.69, 9.17) is 0 Å². The Morgan fingerprint density at radius 3 is 2.55 bits per heavy atom. The molecule has 1 N–H and O–H groups in total. The first kappa shape index (κ1) is 22.9. The number of rotatable bonds is 4. The van der Waals surface area contributed by atoms with Gasteiger partial charge in [0.15, 0.2) is 10.3 Å². The standard InChI is InChI=1S/C25H24N4O2S2/c1-14-6-7-16(3)21(10-14)27-24-28-23(31)22(33-24)12-19-13-32-25(26-19)29(18(5)30)20-9-8-15(2)17(4)11-20/h6-13H,1-5H3,(H,27,28,31)/b22-12-. The number of hydrogen-bond acceptors (Lipinski definition) is 6. The third-order valence-electron chi connectivity index (χ3n) is 5.28. The van der Waals surface area contributed by atoms with Gasteiger partial charge >= 0.3 is 0 Å². The summed E-state index contributed by atoms with van der Waals surface area (Å²) in [7, 11) is 0. The van der Waals surface area contributed by atoms with Gasteiger partial charge in [-0.2, -0.15) is 0 Å². The molecule has 33 heavy (non-hydrogen) atoms. The predicted molar refractivity (Wildman–Crippen MR) is 138 cm³/mol. The van der Waals surface area contributed by atoms with E-state index in [0.29, 0.717) is 20.9 Å². The Kier molecular flexibility index (Phi) is 6.49. The van der Waals surface area contributed by atoms with E-state index in [1.165, 1.54) is 30.0 Å². The van der Waals surface area contributed by atoms with Gasteiger partial charge in [0.1, 0.15) is 0 Å². The van der Waals surface area contributed by atoms with Crippen molar-refractivity contribution in [2.24, 2.45) is 4.99 Å². The number of carbonyl (C=O) groups is 2. The monoisotopic (exact) mass is 476 g/mol. The van der Waals surface area contributed by atoms with Gasteiger partial charge in [-0.3, -0.25) is 14.5 Å². The number of nitrogens with one attached hydrogen (secondary N) is 1. The summed E-state index contributed by atoms with van der Waals surface area (Å²) in [4.78, 5) is 36.2. The molecule has 1 aliphatic heterocycles. The first-order valence-corrected chi connectivity index (χ1v) is 12.1. The zero-order valence-electron chi connectivity index (χ0n) is 19.1. The number of benzene rings is 2. The third kappa shape index (κ3) is 5.07. The molecule has 0 atom stereocenters. The van der Waals surface area contributed by atoms with E-state index < -0.39 is 0 Å². The summed E-state index contributed by atoms with van der Waals surface area (Å²) < 4.78 is 0. The predicted octanol–water partition coefficient (Wildman–Crippen LogP) is 5.95. The van der Waals surface area contributed by atoms with Crippen LogP contribution in [0, 0.1) is 27.7 Å². The average molecular weight is 477 g/mol.